The molecule has 0 saturated carbocycles. The van der Waals surface area contributed by atoms with Crippen LogP contribution in [0, 0.1) is 17.0 Å². The summed E-state index contributed by atoms with van der Waals surface area (Å²) in [4.78, 5) is 13.8. The molecule has 76 valence electrons. The van der Waals surface area contributed by atoms with Crippen molar-refractivity contribution < 1.29 is 9.66 Å². The zero-order chi connectivity index (χ0) is 10.3. The van der Waals surface area contributed by atoms with Crippen LogP contribution in [0.1, 0.15) is 5.82 Å². The Kier molecular flexibility index (Phi) is 1.88. The molecule has 0 spiro atoms. The molecule has 0 saturated heterocycles. The lowest BCUT2D eigenvalue weighted by atomic mass is 10.4. The quantitative estimate of drug-likeness (QED) is 0.525. The molecule has 0 radical (unpaired) electrons. The SMILES string of the molecule is Cc1nc([N+](=O)[O-])c2n1CC(CN)O2. The molecule has 14 heavy (non-hydrogen) atoms. The predicted octanol–water partition coefficient (Wildman–Crippen LogP) is -0.181. The number of hydrogen-bond acceptors (Lipinski definition) is 5. The van der Waals surface area contributed by atoms with Gasteiger partial charge in [0.15, 0.2) is 0 Å². The van der Waals surface area contributed by atoms with Gasteiger partial charge in [-0.05, 0) is 9.91 Å². The first-order valence-electron chi connectivity index (χ1n) is 4.21. The summed E-state index contributed by atoms with van der Waals surface area (Å²) in [5.74, 6) is 0.587. The molecule has 7 heteroatoms. The molecule has 2 N–H and O–H groups in total. The normalized spacial score (nSPS) is 19.1. The van der Waals surface area contributed by atoms with E-state index >= 15 is 0 Å². The number of fused-ring (bicyclic) bond motifs is 1. The van der Waals surface area contributed by atoms with Crippen LogP contribution in [0.25, 0.3) is 0 Å². The second-order valence-corrected chi connectivity index (χ2v) is 3.13. The van der Waals surface area contributed by atoms with E-state index in [9.17, 15) is 10.1 Å². The lowest BCUT2D eigenvalue weighted by molar-refractivity contribution is -0.390. The molecule has 2 heterocycles. The number of nitrogens with two attached hydrogens (primary N) is 1. The van der Waals surface area contributed by atoms with Crippen molar-refractivity contribution in [3.63, 3.8) is 0 Å². The Hall–Kier alpha value is -1.63. The lowest BCUT2D eigenvalue weighted by Crippen LogP contribution is -2.25. The molecule has 1 aliphatic rings. The van der Waals surface area contributed by atoms with E-state index in [2.05, 4.69) is 4.98 Å². The highest BCUT2D eigenvalue weighted by Crippen LogP contribution is 2.32. The summed E-state index contributed by atoms with van der Waals surface area (Å²) >= 11 is 0. The van der Waals surface area contributed by atoms with Gasteiger partial charge in [0.1, 0.15) is 6.10 Å². The zero-order valence-electron chi connectivity index (χ0n) is 7.64. The van der Waals surface area contributed by atoms with E-state index in [0.717, 1.165) is 0 Å². The Morgan fingerprint density at radius 1 is 1.86 bits per heavy atom. The maximum atomic E-state index is 10.6. The van der Waals surface area contributed by atoms with Crippen LogP contribution in [0.5, 0.6) is 5.88 Å². The molecular formula is C7H10N4O3. The first kappa shape index (κ1) is 8.95. The minimum atomic E-state index is -0.544. The third kappa shape index (κ3) is 1.13. The van der Waals surface area contributed by atoms with Gasteiger partial charge in [0.25, 0.3) is 5.88 Å². The van der Waals surface area contributed by atoms with Crippen molar-refractivity contribution in [2.45, 2.75) is 19.6 Å². The molecule has 2 rings (SSSR count). The highest BCUT2D eigenvalue weighted by Gasteiger charge is 2.34. The maximum Gasteiger partial charge on any atom is 0.426 e. The number of hydrogen-bond donors (Lipinski definition) is 1. The summed E-state index contributed by atoms with van der Waals surface area (Å²) in [5, 5.41) is 10.6. The molecule has 7 nitrogen and oxygen atoms in total. The van der Waals surface area contributed by atoms with Gasteiger partial charge in [0.2, 0.25) is 5.82 Å². The molecule has 1 unspecified atom stereocenters. The summed E-state index contributed by atoms with van der Waals surface area (Å²) < 4.78 is 6.98. The van der Waals surface area contributed by atoms with Crippen LogP contribution in [-0.2, 0) is 6.54 Å². The van der Waals surface area contributed by atoms with Crippen molar-refractivity contribution in [3.05, 3.63) is 15.9 Å². The molecule has 0 amide bonds. The minimum Gasteiger partial charge on any atom is -0.466 e. The van der Waals surface area contributed by atoms with Gasteiger partial charge in [-0.1, -0.05) is 0 Å². The van der Waals surface area contributed by atoms with E-state index in [1.165, 1.54) is 0 Å². The van der Waals surface area contributed by atoms with Gasteiger partial charge in [0, 0.05) is 13.5 Å². The van der Waals surface area contributed by atoms with E-state index in [4.69, 9.17) is 10.5 Å². The summed E-state index contributed by atoms with van der Waals surface area (Å²) in [6.07, 6.45) is -0.176. The highest BCUT2D eigenvalue weighted by molar-refractivity contribution is 5.38. The van der Waals surface area contributed by atoms with Crippen LogP contribution < -0.4 is 10.5 Å². The van der Waals surface area contributed by atoms with Crippen LogP contribution in [-0.4, -0.2) is 27.1 Å². The van der Waals surface area contributed by atoms with E-state index < -0.39 is 4.92 Å². The number of nitrogens with zero attached hydrogens (tertiary/aromatic N) is 3. The van der Waals surface area contributed by atoms with Crippen LogP contribution in [0.3, 0.4) is 0 Å². The van der Waals surface area contributed by atoms with Crippen LogP contribution in [0.2, 0.25) is 0 Å². The van der Waals surface area contributed by atoms with Gasteiger partial charge in [-0.25, -0.2) is 0 Å². The summed E-state index contributed by atoms with van der Waals surface area (Å²) in [7, 11) is 0. The second kappa shape index (κ2) is 2.95. The lowest BCUT2D eigenvalue weighted by Gasteiger charge is -2.04. The van der Waals surface area contributed by atoms with Crippen molar-refractivity contribution in [1.82, 2.24) is 9.55 Å². The van der Waals surface area contributed by atoms with Crippen LogP contribution in [0.4, 0.5) is 5.82 Å². The molecule has 0 aromatic carbocycles. The van der Waals surface area contributed by atoms with Gasteiger partial charge in [-0.2, -0.15) is 0 Å². The molecule has 1 atom stereocenters. The smallest absolute Gasteiger partial charge is 0.426 e. The topological polar surface area (TPSA) is 96.2 Å². The Balaban J connectivity index is 2.42. The van der Waals surface area contributed by atoms with Crippen molar-refractivity contribution in [3.8, 4) is 5.88 Å². The number of rotatable bonds is 2. The molecule has 1 aliphatic heterocycles. The fourth-order valence-corrected chi connectivity index (χ4v) is 1.50. The first-order chi connectivity index (χ1) is 6.63. The molecule has 1 aromatic heterocycles. The maximum absolute atomic E-state index is 10.6. The van der Waals surface area contributed by atoms with Gasteiger partial charge in [0.05, 0.1) is 6.54 Å². The van der Waals surface area contributed by atoms with E-state index in [-0.39, 0.29) is 17.8 Å². The Morgan fingerprint density at radius 3 is 3.14 bits per heavy atom. The second-order valence-electron chi connectivity index (χ2n) is 3.13. The van der Waals surface area contributed by atoms with Crippen LogP contribution >= 0.6 is 0 Å². The summed E-state index contributed by atoms with van der Waals surface area (Å²) in [6.45, 7) is 2.59. The fourth-order valence-electron chi connectivity index (χ4n) is 1.50. The first-order valence-corrected chi connectivity index (χ1v) is 4.21. The Morgan fingerprint density at radius 2 is 2.57 bits per heavy atom. The standard InChI is InChI=1S/C7H10N4O3/c1-4-9-6(11(12)13)7-10(4)3-5(2-8)14-7/h5H,2-3,8H2,1H3. The van der Waals surface area contributed by atoms with Crippen molar-refractivity contribution >= 4 is 5.82 Å². The van der Waals surface area contributed by atoms with Gasteiger partial charge >= 0.3 is 5.82 Å². The Bertz CT molecular complexity index is 387. The molecule has 0 fully saturated rings. The number of aryl methyl sites for hydroxylation is 1. The van der Waals surface area contributed by atoms with Crippen molar-refractivity contribution in [2.75, 3.05) is 6.54 Å². The Labute approximate surface area is 79.6 Å². The highest BCUT2D eigenvalue weighted by atomic mass is 16.6. The number of ether oxygens (including phenoxy) is 1. The van der Waals surface area contributed by atoms with Gasteiger partial charge in [-0.3, -0.25) is 4.57 Å². The van der Waals surface area contributed by atoms with Crippen molar-refractivity contribution in [2.24, 2.45) is 5.73 Å². The average Bonchev–Trinajstić information content (AvgIpc) is 2.66. The number of imidazole rings is 1. The molecular weight excluding hydrogens is 188 g/mol. The van der Waals surface area contributed by atoms with Gasteiger partial charge < -0.3 is 20.6 Å². The largest absolute Gasteiger partial charge is 0.466 e. The number of aromatic nitrogens is 2. The van der Waals surface area contributed by atoms with Crippen molar-refractivity contribution in [1.29, 1.82) is 0 Å². The van der Waals surface area contributed by atoms with E-state index in [1.54, 1.807) is 11.5 Å². The molecule has 1 aromatic rings. The molecule has 0 bridgehead atoms. The predicted molar refractivity (Wildman–Crippen MR) is 47.1 cm³/mol. The molecule has 0 aliphatic carbocycles. The van der Waals surface area contributed by atoms with E-state index in [0.29, 0.717) is 18.9 Å². The van der Waals surface area contributed by atoms with Crippen LogP contribution in [0.15, 0.2) is 0 Å². The average molecular weight is 198 g/mol. The minimum absolute atomic E-state index is 0.176. The van der Waals surface area contributed by atoms with Gasteiger partial charge in [-0.15, -0.1) is 0 Å². The fraction of sp³-hybridized carbons (Fsp3) is 0.571. The monoisotopic (exact) mass is 198 g/mol. The third-order valence-electron chi connectivity index (χ3n) is 2.20. The van der Waals surface area contributed by atoms with E-state index in [1.807, 2.05) is 0 Å². The number of nitro groups is 1. The summed E-state index contributed by atoms with van der Waals surface area (Å²) in [6, 6.07) is 0. The third-order valence-corrected chi connectivity index (χ3v) is 2.20. The zero-order valence-corrected chi connectivity index (χ0v) is 7.64. The summed E-state index contributed by atoms with van der Waals surface area (Å²) in [5.41, 5.74) is 5.42.